The van der Waals surface area contributed by atoms with E-state index in [1.807, 2.05) is 35.2 Å². The molecule has 1 unspecified atom stereocenters. The van der Waals surface area contributed by atoms with Gasteiger partial charge in [0, 0.05) is 32.2 Å². The minimum absolute atomic E-state index is 0.000263. The molecule has 1 aromatic heterocycles. The highest BCUT2D eigenvalue weighted by Crippen LogP contribution is 2.29. The number of hydrogen-bond acceptors (Lipinski definition) is 7. The average molecular weight is 357 g/mol. The van der Waals surface area contributed by atoms with Gasteiger partial charge in [-0.15, -0.1) is 0 Å². The molecule has 2 fully saturated rings. The Hall–Kier alpha value is -2.62. The first kappa shape index (κ1) is 16.8. The minimum atomic E-state index is -0.433. The lowest BCUT2D eigenvalue weighted by Gasteiger charge is -2.45. The number of nitrogens with one attached hydrogen (secondary N) is 3. The predicted octanol–water partition coefficient (Wildman–Crippen LogP) is -0.0893. The Morgan fingerprint density at radius 3 is 2.73 bits per heavy atom. The summed E-state index contributed by atoms with van der Waals surface area (Å²) in [5.74, 6) is -0.157. The molecular formula is C17H20FN7O. The molecule has 1 amide bonds. The van der Waals surface area contributed by atoms with Crippen molar-refractivity contribution in [2.24, 2.45) is 0 Å². The molecule has 2 aliphatic heterocycles. The van der Waals surface area contributed by atoms with Crippen LogP contribution < -0.4 is 21.3 Å². The van der Waals surface area contributed by atoms with Crippen LogP contribution >= 0.6 is 0 Å². The fourth-order valence-corrected chi connectivity index (χ4v) is 3.17. The van der Waals surface area contributed by atoms with Crippen LogP contribution in [0, 0.1) is 5.82 Å². The summed E-state index contributed by atoms with van der Waals surface area (Å²) in [7, 11) is 1.77. The van der Waals surface area contributed by atoms with Crippen molar-refractivity contribution in [1.82, 2.24) is 31.3 Å². The highest BCUT2D eigenvalue weighted by molar-refractivity contribution is 5.82. The van der Waals surface area contributed by atoms with E-state index in [2.05, 4.69) is 26.4 Å². The van der Waals surface area contributed by atoms with Crippen LogP contribution in [0.4, 0.5) is 10.2 Å². The lowest BCUT2D eigenvalue weighted by atomic mass is 10.1. The molecular weight excluding hydrogens is 337 g/mol. The number of anilines is 1. The van der Waals surface area contributed by atoms with Crippen LogP contribution in [0.25, 0.3) is 11.3 Å². The number of hydrogen-bond donors (Lipinski definition) is 3. The molecule has 1 atom stereocenters. The topological polar surface area (TPSA) is 85.4 Å². The quantitative estimate of drug-likeness (QED) is 0.705. The zero-order valence-corrected chi connectivity index (χ0v) is 14.3. The number of halogens is 1. The van der Waals surface area contributed by atoms with Crippen LogP contribution in [-0.4, -0.2) is 59.5 Å². The molecule has 3 heterocycles. The predicted molar refractivity (Wildman–Crippen MR) is 94.3 cm³/mol. The van der Waals surface area contributed by atoms with Gasteiger partial charge in [0.15, 0.2) is 11.6 Å². The third-order valence-electron chi connectivity index (χ3n) is 4.81. The molecule has 136 valence electrons. The number of carbonyl (C=O) groups excluding carboxylic acids is 1. The van der Waals surface area contributed by atoms with Crippen LogP contribution in [0.5, 0.6) is 0 Å². The van der Waals surface area contributed by atoms with E-state index < -0.39 is 5.82 Å². The van der Waals surface area contributed by atoms with Crippen molar-refractivity contribution in [1.29, 1.82) is 0 Å². The highest BCUT2D eigenvalue weighted by atomic mass is 19.1. The maximum Gasteiger partial charge on any atom is 0.242 e. The number of carbonyl (C=O) groups is 1. The standard InChI is InChI=1S/C17H20FN7O/c1-24(17(26)13-7-21-23-22-13)12-8-25(9-12)16-14(18)15(19-10-20-16)11-5-3-2-4-6-11/h2-6,10,12-13,21-23H,7-9H2,1H3. The Labute approximate surface area is 150 Å². The lowest BCUT2D eigenvalue weighted by molar-refractivity contribution is -0.134. The molecule has 26 heavy (non-hydrogen) atoms. The molecule has 0 radical (unpaired) electrons. The van der Waals surface area contributed by atoms with Crippen LogP contribution in [0.2, 0.25) is 0 Å². The molecule has 2 aliphatic rings. The first-order chi connectivity index (χ1) is 12.6. The lowest BCUT2D eigenvalue weighted by Crippen LogP contribution is -2.62. The second-order valence-electron chi connectivity index (χ2n) is 6.44. The Balaban J connectivity index is 1.45. The summed E-state index contributed by atoms with van der Waals surface area (Å²) < 4.78 is 14.9. The zero-order valence-electron chi connectivity index (χ0n) is 14.3. The molecule has 4 rings (SSSR count). The smallest absolute Gasteiger partial charge is 0.242 e. The number of nitrogens with zero attached hydrogens (tertiary/aromatic N) is 4. The molecule has 8 nitrogen and oxygen atoms in total. The Kier molecular flexibility index (Phi) is 4.49. The Bertz CT molecular complexity index is 791. The van der Waals surface area contributed by atoms with Crippen LogP contribution in [0.1, 0.15) is 0 Å². The van der Waals surface area contributed by atoms with Gasteiger partial charge in [0.1, 0.15) is 18.1 Å². The Morgan fingerprint density at radius 1 is 1.27 bits per heavy atom. The second-order valence-corrected chi connectivity index (χ2v) is 6.44. The first-order valence-electron chi connectivity index (χ1n) is 8.46. The van der Waals surface area contributed by atoms with Gasteiger partial charge in [-0.05, 0) is 0 Å². The molecule has 0 aliphatic carbocycles. The van der Waals surface area contributed by atoms with Crippen molar-refractivity contribution in [2.45, 2.75) is 12.1 Å². The van der Waals surface area contributed by atoms with Crippen molar-refractivity contribution in [3.63, 3.8) is 0 Å². The number of likely N-dealkylation sites (N-methyl/N-ethyl adjacent to an activating group) is 1. The molecule has 0 saturated carbocycles. The van der Waals surface area contributed by atoms with Crippen molar-refractivity contribution in [2.75, 3.05) is 31.6 Å². The number of aromatic nitrogens is 2. The van der Waals surface area contributed by atoms with Crippen molar-refractivity contribution in [3.05, 3.63) is 42.5 Å². The monoisotopic (exact) mass is 357 g/mol. The molecule has 2 saturated heterocycles. The van der Waals surface area contributed by atoms with E-state index in [4.69, 9.17) is 0 Å². The fraction of sp³-hybridized carbons (Fsp3) is 0.353. The van der Waals surface area contributed by atoms with Gasteiger partial charge in [-0.1, -0.05) is 30.3 Å². The van der Waals surface area contributed by atoms with E-state index >= 15 is 0 Å². The third-order valence-corrected chi connectivity index (χ3v) is 4.81. The van der Waals surface area contributed by atoms with Crippen molar-refractivity contribution >= 4 is 11.7 Å². The van der Waals surface area contributed by atoms with E-state index in [9.17, 15) is 9.18 Å². The largest absolute Gasteiger partial charge is 0.350 e. The fourth-order valence-electron chi connectivity index (χ4n) is 3.17. The zero-order chi connectivity index (χ0) is 18.1. The van der Waals surface area contributed by atoms with E-state index in [1.54, 1.807) is 11.9 Å². The summed E-state index contributed by atoms with van der Waals surface area (Å²) in [5.41, 5.74) is 9.46. The van der Waals surface area contributed by atoms with Gasteiger partial charge in [-0.3, -0.25) is 4.79 Å². The molecule has 3 N–H and O–H groups in total. The van der Waals surface area contributed by atoms with E-state index in [0.717, 1.165) is 0 Å². The van der Waals surface area contributed by atoms with Crippen LogP contribution in [0.15, 0.2) is 36.7 Å². The maximum atomic E-state index is 14.9. The minimum Gasteiger partial charge on any atom is -0.350 e. The molecule has 9 heteroatoms. The molecule has 0 spiro atoms. The highest BCUT2D eigenvalue weighted by Gasteiger charge is 2.37. The molecule has 2 aromatic rings. The summed E-state index contributed by atoms with van der Waals surface area (Å²) in [5, 5.41) is 0. The third kappa shape index (κ3) is 3.00. The van der Waals surface area contributed by atoms with Crippen molar-refractivity contribution < 1.29 is 9.18 Å². The van der Waals surface area contributed by atoms with Gasteiger partial charge in [0.25, 0.3) is 0 Å². The van der Waals surface area contributed by atoms with Gasteiger partial charge < -0.3 is 9.80 Å². The summed E-state index contributed by atoms with van der Waals surface area (Å²) in [6, 6.07) is 8.93. The maximum absolute atomic E-state index is 14.9. The van der Waals surface area contributed by atoms with Crippen LogP contribution in [0.3, 0.4) is 0 Å². The summed E-state index contributed by atoms with van der Waals surface area (Å²) in [4.78, 5) is 24.1. The SMILES string of the molecule is CN(C(=O)C1CNNN1)C1CN(c2ncnc(-c3ccccc3)c2F)C1. The average Bonchev–Trinajstić information content (AvgIpc) is 3.16. The van der Waals surface area contributed by atoms with E-state index in [1.165, 1.54) is 6.33 Å². The molecule has 0 bridgehead atoms. The van der Waals surface area contributed by atoms with E-state index in [-0.39, 0.29) is 29.5 Å². The van der Waals surface area contributed by atoms with Gasteiger partial charge in [-0.2, -0.15) is 5.53 Å². The van der Waals surface area contributed by atoms with Gasteiger partial charge in [-0.25, -0.2) is 25.2 Å². The number of benzene rings is 1. The first-order valence-corrected chi connectivity index (χ1v) is 8.46. The summed E-state index contributed by atoms with van der Waals surface area (Å²) in [6.07, 6.45) is 1.38. The Morgan fingerprint density at radius 2 is 2.04 bits per heavy atom. The molecule has 1 aromatic carbocycles. The second kappa shape index (κ2) is 6.94. The van der Waals surface area contributed by atoms with Crippen LogP contribution in [-0.2, 0) is 4.79 Å². The summed E-state index contributed by atoms with van der Waals surface area (Å²) in [6.45, 7) is 1.61. The normalized spacial score (nSPS) is 20.1. The van der Waals surface area contributed by atoms with Gasteiger partial charge >= 0.3 is 0 Å². The van der Waals surface area contributed by atoms with Gasteiger partial charge in [0.05, 0.1) is 6.04 Å². The van der Waals surface area contributed by atoms with Gasteiger partial charge in [0.2, 0.25) is 5.91 Å². The van der Waals surface area contributed by atoms with Crippen molar-refractivity contribution in [3.8, 4) is 11.3 Å². The van der Waals surface area contributed by atoms with E-state index in [0.29, 0.717) is 25.2 Å². The summed E-state index contributed by atoms with van der Waals surface area (Å²) >= 11 is 0. The number of rotatable bonds is 4. The number of amides is 1. The number of hydrazine groups is 2.